The van der Waals surface area contributed by atoms with Gasteiger partial charge in [0.25, 0.3) is 5.91 Å². The minimum absolute atomic E-state index is 0. The molecule has 5 nitrogen and oxygen atoms in total. The Morgan fingerprint density at radius 2 is 2.38 bits per heavy atom. The average Bonchev–Trinajstić information content (AvgIpc) is 3.11. The average molecular weight is 327 g/mol. The number of aromatic amines is 1. The number of amides is 1. The van der Waals surface area contributed by atoms with Crippen LogP contribution in [-0.2, 0) is 0 Å². The third-order valence-electron chi connectivity index (χ3n) is 3.68. The van der Waals surface area contributed by atoms with E-state index in [9.17, 15) is 4.79 Å². The lowest BCUT2D eigenvalue weighted by Crippen LogP contribution is -2.51. The van der Waals surface area contributed by atoms with Crippen molar-refractivity contribution in [1.29, 1.82) is 0 Å². The van der Waals surface area contributed by atoms with Gasteiger partial charge in [-0.3, -0.25) is 9.89 Å². The van der Waals surface area contributed by atoms with Crippen LogP contribution in [0.4, 0.5) is 0 Å². The van der Waals surface area contributed by atoms with E-state index < -0.39 is 0 Å². The van der Waals surface area contributed by atoms with Crippen molar-refractivity contribution in [2.24, 2.45) is 0 Å². The van der Waals surface area contributed by atoms with Crippen LogP contribution in [0.2, 0.25) is 0 Å². The zero-order chi connectivity index (χ0) is 13.9. The molecule has 2 unspecified atom stereocenters. The number of hydrogen-bond acceptors (Lipinski definition) is 4. The van der Waals surface area contributed by atoms with Gasteiger partial charge in [-0.1, -0.05) is 6.07 Å². The van der Waals surface area contributed by atoms with Gasteiger partial charge < -0.3 is 10.6 Å². The van der Waals surface area contributed by atoms with Gasteiger partial charge >= 0.3 is 0 Å². The van der Waals surface area contributed by atoms with E-state index in [-0.39, 0.29) is 24.4 Å². The van der Waals surface area contributed by atoms with Gasteiger partial charge in [0.2, 0.25) is 0 Å². The number of halogens is 1. The number of aromatic nitrogens is 2. The highest BCUT2D eigenvalue weighted by Gasteiger charge is 2.23. The van der Waals surface area contributed by atoms with Crippen LogP contribution in [0, 0.1) is 0 Å². The SMILES string of the molecule is CC1NCCCC1NC(=O)c1cc(-c2cccs2)[nH]n1.Cl. The first-order chi connectivity index (χ1) is 9.74. The lowest BCUT2D eigenvalue weighted by atomic mass is 10.00. The van der Waals surface area contributed by atoms with E-state index in [0.29, 0.717) is 11.7 Å². The lowest BCUT2D eigenvalue weighted by molar-refractivity contribution is 0.0914. The predicted molar refractivity (Wildman–Crippen MR) is 87.1 cm³/mol. The molecule has 2 aromatic heterocycles. The molecule has 1 fully saturated rings. The van der Waals surface area contributed by atoms with Crippen molar-refractivity contribution >= 4 is 29.7 Å². The molecule has 0 saturated carbocycles. The lowest BCUT2D eigenvalue weighted by Gasteiger charge is -2.30. The van der Waals surface area contributed by atoms with Crippen LogP contribution in [0.25, 0.3) is 10.6 Å². The van der Waals surface area contributed by atoms with Crippen molar-refractivity contribution < 1.29 is 4.79 Å². The molecule has 7 heteroatoms. The van der Waals surface area contributed by atoms with Gasteiger partial charge in [-0.15, -0.1) is 23.7 Å². The van der Waals surface area contributed by atoms with Crippen molar-refractivity contribution in [1.82, 2.24) is 20.8 Å². The molecule has 3 heterocycles. The number of thiophene rings is 1. The highest BCUT2D eigenvalue weighted by Crippen LogP contribution is 2.23. The van der Waals surface area contributed by atoms with Gasteiger partial charge in [-0.05, 0) is 43.8 Å². The summed E-state index contributed by atoms with van der Waals surface area (Å²) in [5.74, 6) is -0.107. The summed E-state index contributed by atoms with van der Waals surface area (Å²) >= 11 is 1.62. The Bertz CT molecular complexity index is 584. The third kappa shape index (κ3) is 3.64. The first kappa shape index (κ1) is 16.0. The molecule has 1 aliphatic heterocycles. The standard InChI is InChI=1S/C14H18N4OS.ClH/c1-9-10(4-2-6-15-9)16-14(19)12-8-11(17-18-12)13-5-3-7-20-13;/h3,5,7-10,15H,2,4,6H2,1H3,(H,16,19)(H,17,18);1H. The summed E-state index contributed by atoms with van der Waals surface area (Å²) in [4.78, 5) is 13.3. The second-order valence-electron chi connectivity index (χ2n) is 5.11. The smallest absolute Gasteiger partial charge is 0.272 e. The van der Waals surface area contributed by atoms with E-state index in [4.69, 9.17) is 0 Å². The van der Waals surface area contributed by atoms with Crippen LogP contribution < -0.4 is 10.6 Å². The Hall–Kier alpha value is -1.37. The first-order valence-corrected chi connectivity index (χ1v) is 7.75. The Morgan fingerprint density at radius 3 is 3.10 bits per heavy atom. The number of nitrogens with zero attached hydrogens (tertiary/aromatic N) is 1. The fourth-order valence-corrected chi connectivity index (χ4v) is 3.17. The van der Waals surface area contributed by atoms with Crippen LogP contribution >= 0.6 is 23.7 Å². The maximum atomic E-state index is 12.2. The monoisotopic (exact) mass is 326 g/mol. The van der Waals surface area contributed by atoms with E-state index in [0.717, 1.165) is 30.0 Å². The summed E-state index contributed by atoms with van der Waals surface area (Å²) in [5, 5.41) is 15.5. The molecular formula is C14H19ClN4OS. The van der Waals surface area contributed by atoms with E-state index in [1.807, 2.05) is 23.6 Å². The summed E-state index contributed by atoms with van der Waals surface area (Å²) in [6.45, 7) is 3.13. The number of nitrogens with one attached hydrogen (secondary N) is 3. The largest absolute Gasteiger partial charge is 0.346 e. The molecular weight excluding hydrogens is 308 g/mol. The van der Waals surface area contributed by atoms with Crippen molar-refractivity contribution in [3.63, 3.8) is 0 Å². The van der Waals surface area contributed by atoms with E-state index in [1.165, 1.54) is 0 Å². The van der Waals surface area contributed by atoms with Gasteiger partial charge in [0.1, 0.15) is 0 Å². The van der Waals surface area contributed by atoms with Gasteiger partial charge in [0.15, 0.2) is 5.69 Å². The quantitative estimate of drug-likeness (QED) is 0.811. The zero-order valence-corrected chi connectivity index (χ0v) is 13.4. The summed E-state index contributed by atoms with van der Waals surface area (Å²) in [6.07, 6.45) is 2.11. The molecule has 3 rings (SSSR count). The van der Waals surface area contributed by atoms with E-state index in [1.54, 1.807) is 11.3 Å². The fourth-order valence-electron chi connectivity index (χ4n) is 2.48. The van der Waals surface area contributed by atoms with Crippen molar-refractivity contribution in [2.75, 3.05) is 6.54 Å². The highest BCUT2D eigenvalue weighted by atomic mass is 35.5. The second-order valence-corrected chi connectivity index (χ2v) is 6.06. The summed E-state index contributed by atoms with van der Waals surface area (Å²) in [7, 11) is 0. The maximum absolute atomic E-state index is 12.2. The summed E-state index contributed by atoms with van der Waals surface area (Å²) in [5.41, 5.74) is 1.34. The summed E-state index contributed by atoms with van der Waals surface area (Å²) < 4.78 is 0. The number of carbonyl (C=O) groups is 1. The normalized spacial score (nSPS) is 21.6. The van der Waals surface area contributed by atoms with Gasteiger partial charge in [0.05, 0.1) is 10.6 Å². The minimum atomic E-state index is -0.107. The Morgan fingerprint density at radius 1 is 1.52 bits per heavy atom. The third-order valence-corrected chi connectivity index (χ3v) is 4.58. The Balaban J connectivity index is 0.00000161. The van der Waals surface area contributed by atoms with E-state index >= 15 is 0 Å². The molecule has 0 aliphatic carbocycles. The number of hydrogen-bond donors (Lipinski definition) is 3. The molecule has 0 aromatic carbocycles. The molecule has 2 aromatic rings. The number of piperidine rings is 1. The molecule has 114 valence electrons. The van der Waals surface area contributed by atoms with Crippen LogP contribution in [0.15, 0.2) is 23.6 Å². The minimum Gasteiger partial charge on any atom is -0.346 e. The maximum Gasteiger partial charge on any atom is 0.272 e. The fraction of sp³-hybridized carbons (Fsp3) is 0.429. The predicted octanol–water partition coefficient (Wildman–Crippen LogP) is 2.43. The number of rotatable bonds is 3. The molecule has 1 saturated heterocycles. The van der Waals surface area contributed by atoms with Crippen molar-refractivity contribution in [2.45, 2.75) is 31.8 Å². The van der Waals surface area contributed by atoms with Crippen molar-refractivity contribution in [3.05, 3.63) is 29.3 Å². The summed E-state index contributed by atoms with van der Waals surface area (Å²) in [6, 6.07) is 6.28. The Labute approximate surface area is 133 Å². The molecule has 0 radical (unpaired) electrons. The van der Waals surface area contributed by atoms with Crippen LogP contribution in [0.3, 0.4) is 0 Å². The zero-order valence-electron chi connectivity index (χ0n) is 11.8. The molecule has 2 atom stereocenters. The molecule has 0 bridgehead atoms. The molecule has 3 N–H and O–H groups in total. The van der Waals surface area contributed by atoms with Crippen molar-refractivity contribution in [3.8, 4) is 10.6 Å². The molecule has 1 aliphatic rings. The number of carbonyl (C=O) groups excluding carboxylic acids is 1. The highest BCUT2D eigenvalue weighted by molar-refractivity contribution is 7.13. The van der Waals surface area contributed by atoms with Gasteiger partial charge in [0, 0.05) is 12.1 Å². The molecule has 21 heavy (non-hydrogen) atoms. The topological polar surface area (TPSA) is 69.8 Å². The van der Waals surface area contributed by atoms with Crippen LogP contribution in [-0.4, -0.2) is 34.7 Å². The molecule has 1 amide bonds. The van der Waals surface area contributed by atoms with E-state index in [2.05, 4.69) is 27.8 Å². The van der Waals surface area contributed by atoms with Gasteiger partial charge in [-0.2, -0.15) is 5.10 Å². The van der Waals surface area contributed by atoms with Crippen LogP contribution in [0.1, 0.15) is 30.3 Å². The van der Waals surface area contributed by atoms with Gasteiger partial charge in [-0.25, -0.2) is 0 Å². The molecule has 0 spiro atoms. The van der Waals surface area contributed by atoms with Crippen LogP contribution in [0.5, 0.6) is 0 Å². The first-order valence-electron chi connectivity index (χ1n) is 6.87. The number of H-pyrrole nitrogens is 1. The Kier molecular flexibility index (Phi) is 5.39. The second kappa shape index (κ2) is 7.06.